The van der Waals surface area contributed by atoms with Crippen LogP contribution < -0.4 is 0 Å². The third-order valence-electron chi connectivity index (χ3n) is 2.09. The Labute approximate surface area is 96.9 Å². The molecule has 0 aliphatic heterocycles. The predicted octanol–water partition coefficient (Wildman–Crippen LogP) is 3.33. The molecule has 0 spiro atoms. The molecule has 2 nitrogen and oxygen atoms in total. The lowest BCUT2D eigenvalue weighted by atomic mass is 10.1. The van der Waals surface area contributed by atoms with E-state index < -0.39 is 0 Å². The van der Waals surface area contributed by atoms with E-state index in [9.17, 15) is 4.79 Å². The zero-order chi connectivity index (χ0) is 11.8. The van der Waals surface area contributed by atoms with Gasteiger partial charge in [0.25, 0.3) is 0 Å². The SMILES string of the molecule is CC(C)C/C=C/C(=O)OCc1ccccc1. The number of ether oxygens (including phenoxy) is 1. The van der Waals surface area contributed by atoms with E-state index in [1.807, 2.05) is 36.4 Å². The Bertz CT molecular complexity index is 339. The first-order valence-corrected chi connectivity index (χ1v) is 5.55. The van der Waals surface area contributed by atoms with Crippen molar-refractivity contribution in [2.45, 2.75) is 26.9 Å². The summed E-state index contributed by atoms with van der Waals surface area (Å²) in [6.07, 6.45) is 4.27. The molecule has 2 heteroatoms. The average molecular weight is 218 g/mol. The summed E-state index contributed by atoms with van der Waals surface area (Å²) in [6, 6.07) is 9.67. The van der Waals surface area contributed by atoms with Gasteiger partial charge in [-0.15, -0.1) is 0 Å². The van der Waals surface area contributed by atoms with Gasteiger partial charge in [0.1, 0.15) is 6.61 Å². The predicted molar refractivity (Wildman–Crippen MR) is 64.8 cm³/mol. The fourth-order valence-corrected chi connectivity index (χ4v) is 1.21. The molecule has 0 saturated heterocycles. The number of carbonyl (C=O) groups excluding carboxylic acids is 1. The molecular formula is C14H18O2. The van der Waals surface area contributed by atoms with E-state index in [0.29, 0.717) is 12.5 Å². The first-order chi connectivity index (χ1) is 7.68. The number of hydrogen-bond donors (Lipinski definition) is 0. The van der Waals surface area contributed by atoms with Crippen molar-refractivity contribution in [1.82, 2.24) is 0 Å². The highest BCUT2D eigenvalue weighted by Crippen LogP contribution is 2.02. The van der Waals surface area contributed by atoms with Gasteiger partial charge in [-0.25, -0.2) is 4.79 Å². The number of allylic oxidation sites excluding steroid dienone is 1. The summed E-state index contributed by atoms with van der Waals surface area (Å²) in [5.41, 5.74) is 1.01. The molecule has 0 aromatic heterocycles. The topological polar surface area (TPSA) is 26.3 Å². The Morgan fingerprint density at radius 1 is 1.31 bits per heavy atom. The minimum atomic E-state index is -0.274. The van der Waals surface area contributed by atoms with Crippen molar-refractivity contribution < 1.29 is 9.53 Å². The highest BCUT2D eigenvalue weighted by Gasteiger charge is 1.98. The first kappa shape index (κ1) is 12.5. The monoisotopic (exact) mass is 218 g/mol. The van der Waals surface area contributed by atoms with Crippen LogP contribution in [0, 0.1) is 5.92 Å². The van der Waals surface area contributed by atoms with Crippen molar-refractivity contribution in [1.29, 1.82) is 0 Å². The summed E-state index contributed by atoms with van der Waals surface area (Å²) in [6.45, 7) is 4.56. The molecule has 0 heterocycles. The van der Waals surface area contributed by atoms with Crippen LogP contribution in [0.25, 0.3) is 0 Å². The zero-order valence-corrected chi connectivity index (χ0v) is 9.85. The van der Waals surface area contributed by atoms with Gasteiger partial charge in [-0.1, -0.05) is 50.3 Å². The first-order valence-electron chi connectivity index (χ1n) is 5.55. The molecule has 0 saturated carbocycles. The lowest BCUT2D eigenvalue weighted by molar-refractivity contribution is -0.139. The average Bonchev–Trinajstić information content (AvgIpc) is 2.27. The molecule has 1 aromatic carbocycles. The van der Waals surface area contributed by atoms with E-state index in [0.717, 1.165) is 12.0 Å². The third kappa shape index (κ3) is 5.35. The van der Waals surface area contributed by atoms with Gasteiger partial charge >= 0.3 is 5.97 Å². The van der Waals surface area contributed by atoms with Crippen molar-refractivity contribution in [3.63, 3.8) is 0 Å². The minimum Gasteiger partial charge on any atom is -0.458 e. The van der Waals surface area contributed by atoms with Crippen molar-refractivity contribution in [3.8, 4) is 0 Å². The van der Waals surface area contributed by atoms with Crippen LogP contribution >= 0.6 is 0 Å². The lowest BCUT2D eigenvalue weighted by Gasteiger charge is -2.01. The van der Waals surface area contributed by atoms with Gasteiger partial charge in [-0.2, -0.15) is 0 Å². The molecule has 16 heavy (non-hydrogen) atoms. The van der Waals surface area contributed by atoms with Gasteiger partial charge in [0.15, 0.2) is 0 Å². The quantitative estimate of drug-likeness (QED) is 0.559. The number of esters is 1. The van der Waals surface area contributed by atoms with Crippen molar-refractivity contribution in [2.24, 2.45) is 5.92 Å². The zero-order valence-electron chi connectivity index (χ0n) is 9.85. The van der Waals surface area contributed by atoms with E-state index in [4.69, 9.17) is 4.74 Å². The van der Waals surface area contributed by atoms with Crippen LogP contribution in [-0.4, -0.2) is 5.97 Å². The highest BCUT2D eigenvalue weighted by molar-refractivity contribution is 5.81. The molecule has 0 amide bonds. The number of benzene rings is 1. The summed E-state index contributed by atoms with van der Waals surface area (Å²) in [4.78, 5) is 11.3. The molecule has 0 aliphatic carbocycles. The normalized spacial score (nSPS) is 10.9. The van der Waals surface area contributed by atoms with Crippen LogP contribution in [0.1, 0.15) is 25.8 Å². The van der Waals surface area contributed by atoms with E-state index in [1.54, 1.807) is 0 Å². The number of rotatable bonds is 5. The Morgan fingerprint density at radius 2 is 2.00 bits per heavy atom. The molecule has 0 fully saturated rings. The van der Waals surface area contributed by atoms with Gasteiger partial charge in [-0.3, -0.25) is 0 Å². The Kier molecular flexibility index (Phi) is 5.34. The fraction of sp³-hybridized carbons (Fsp3) is 0.357. The molecule has 0 bridgehead atoms. The largest absolute Gasteiger partial charge is 0.458 e. The van der Waals surface area contributed by atoms with Gasteiger partial charge in [0.05, 0.1) is 0 Å². The van der Waals surface area contributed by atoms with Crippen LogP contribution in [0.2, 0.25) is 0 Å². The van der Waals surface area contributed by atoms with Crippen LogP contribution in [0.5, 0.6) is 0 Å². The van der Waals surface area contributed by atoms with Crippen LogP contribution in [-0.2, 0) is 16.1 Å². The Morgan fingerprint density at radius 3 is 2.62 bits per heavy atom. The molecular weight excluding hydrogens is 200 g/mol. The van der Waals surface area contributed by atoms with Gasteiger partial charge in [0.2, 0.25) is 0 Å². The van der Waals surface area contributed by atoms with Gasteiger partial charge in [0, 0.05) is 6.08 Å². The summed E-state index contributed by atoms with van der Waals surface area (Å²) in [5, 5.41) is 0. The molecule has 0 aliphatic rings. The Hall–Kier alpha value is -1.57. The second-order valence-corrected chi connectivity index (χ2v) is 4.13. The maximum Gasteiger partial charge on any atom is 0.330 e. The van der Waals surface area contributed by atoms with Crippen molar-refractivity contribution >= 4 is 5.97 Å². The van der Waals surface area contributed by atoms with E-state index >= 15 is 0 Å². The van der Waals surface area contributed by atoms with Crippen LogP contribution in [0.15, 0.2) is 42.5 Å². The van der Waals surface area contributed by atoms with E-state index in [-0.39, 0.29) is 5.97 Å². The van der Waals surface area contributed by atoms with Crippen molar-refractivity contribution in [3.05, 3.63) is 48.0 Å². The molecule has 0 radical (unpaired) electrons. The minimum absolute atomic E-state index is 0.274. The van der Waals surface area contributed by atoms with Gasteiger partial charge in [-0.05, 0) is 17.9 Å². The maximum absolute atomic E-state index is 11.3. The number of carbonyl (C=O) groups is 1. The van der Waals surface area contributed by atoms with Crippen LogP contribution in [0.4, 0.5) is 0 Å². The molecule has 0 atom stereocenters. The lowest BCUT2D eigenvalue weighted by Crippen LogP contribution is -2.00. The van der Waals surface area contributed by atoms with Crippen LogP contribution in [0.3, 0.4) is 0 Å². The molecule has 0 unspecified atom stereocenters. The second-order valence-electron chi connectivity index (χ2n) is 4.13. The maximum atomic E-state index is 11.3. The highest BCUT2D eigenvalue weighted by atomic mass is 16.5. The molecule has 1 rings (SSSR count). The Balaban J connectivity index is 2.28. The summed E-state index contributed by atoms with van der Waals surface area (Å²) in [5.74, 6) is 0.294. The summed E-state index contributed by atoms with van der Waals surface area (Å²) >= 11 is 0. The van der Waals surface area contributed by atoms with Gasteiger partial charge < -0.3 is 4.74 Å². The number of hydrogen-bond acceptors (Lipinski definition) is 2. The smallest absolute Gasteiger partial charge is 0.330 e. The second kappa shape index (κ2) is 6.83. The van der Waals surface area contributed by atoms with E-state index in [2.05, 4.69) is 13.8 Å². The van der Waals surface area contributed by atoms with Crippen molar-refractivity contribution in [2.75, 3.05) is 0 Å². The summed E-state index contributed by atoms with van der Waals surface area (Å²) < 4.78 is 5.08. The third-order valence-corrected chi connectivity index (χ3v) is 2.09. The standard InChI is InChI=1S/C14H18O2/c1-12(2)7-6-10-14(15)16-11-13-8-4-3-5-9-13/h3-6,8-10,12H,7,11H2,1-2H3/b10-6+. The molecule has 1 aromatic rings. The fourth-order valence-electron chi connectivity index (χ4n) is 1.21. The molecule has 86 valence electrons. The van der Waals surface area contributed by atoms with E-state index in [1.165, 1.54) is 6.08 Å². The summed E-state index contributed by atoms with van der Waals surface area (Å²) in [7, 11) is 0. The molecule has 0 N–H and O–H groups in total.